The smallest absolute Gasteiger partial charge is 0.339 e. The number of hydrogen-bond donors (Lipinski definition) is 0. The summed E-state index contributed by atoms with van der Waals surface area (Å²) in [5.41, 5.74) is 5.13. The Hall–Kier alpha value is -1.39. The molecule has 1 aliphatic heterocycles. The summed E-state index contributed by atoms with van der Waals surface area (Å²) < 4.78 is 5.69. The summed E-state index contributed by atoms with van der Waals surface area (Å²) in [6.07, 6.45) is 0. The van der Waals surface area contributed by atoms with Gasteiger partial charge >= 0.3 is 5.97 Å². The number of rotatable bonds is 1. The van der Waals surface area contributed by atoms with Gasteiger partial charge in [-0.05, 0) is 43.0 Å². The summed E-state index contributed by atoms with van der Waals surface area (Å²) >= 11 is 3.69. The van der Waals surface area contributed by atoms with E-state index in [4.69, 9.17) is 4.74 Å². The van der Waals surface area contributed by atoms with Gasteiger partial charge in [-0.25, -0.2) is 4.79 Å². The molecular formula is C21H24O2S2. The Labute approximate surface area is 158 Å². The minimum Gasteiger partial charge on any atom is -0.456 e. The molecule has 0 fully saturated rings. The summed E-state index contributed by atoms with van der Waals surface area (Å²) in [5, 5.41) is 0. The molecule has 4 bridgehead atoms. The molecule has 0 N–H and O–H groups in total. The number of carbonyl (C=O) groups is 1. The number of carbonyl (C=O) groups excluding carboxylic acids is 1. The number of thioether (sulfide) groups is 2. The van der Waals surface area contributed by atoms with Crippen molar-refractivity contribution in [3.63, 3.8) is 0 Å². The van der Waals surface area contributed by atoms with Crippen LogP contribution in [0, 0.1) is 0 Å². The maximum Gasteiger partial charge on any atom is 0.339 e. The van der Waals surface area contributed by atoms with Crippen molar-refractivity contribution < 1.29 is 9.53 Å². The van der Waals surface area contributed by atoms with E-state index in [9.17, 15) is 4.79 Å². The van der Waals surface area contributed by atoms with Crippen molar-refractivity contribution in [1.82, 2.24) is 0 Å². The van der Waals surface area contributed by atoms with Crippen LogP contribution in [0.1, 0.15) is 53.4 Å². The van der Waals surface area contributed by atoms with Crippen molar-refractivity contribution in [1.29, 1.82) is 0 Å². The minimum atomic E-state index is -0.482. The largest absolute Gasteiger partial charge is 0.456 e. The standard InChI is InChI=1S/C21H24O2S2/c1-21(2,3)23-20(22)19-17-8-5-9-18(19)14-25-12-16-7-4-6-15(10-16)11-24-13-17/h4-10H,11-14H2,1-3H3. The van der Waals surface area contributed by atoms with Gasteiger partial charge in [0, 0.05) is 23.0 Å². The normalized spacial score (nSPS) is 15.0. The fraction of sp³-hybridized carbons (Fsp3) is 0.381. The second-order valence-corrected chi connectivity index (χ2v) is 9.23. The monoisotopic (exact) mass is 372 g/mol. The van der Waals surface area contributed by atoms with Gasteiger partial charge in [-0.1, -0.05) is 42.5 Å². The molecule has 132 valence electrons. The van der Waals surface area contributed by atoms with E-state index in [1.807, 2.05) is 44.3 Å². The van der Waals surface area contributed by atoms with E-state index >= 15 is 0 Å². The highest BCUT2D eigenvalue weighted by Crippen LogP contribution is 2.29. The molecule has 0 spiro atoms. The fourth-order valence-corrected chi connectivity index (χ4v) is 4.81. The van der Waals surface area contributed by atoms with Crippen LogP contribution in [0.5, 0.6) is 0 Å². The lowest BCUT2D eigenvalue weighted by atomic mass is 10.0. The second-order valence-electron chi connectivity index (χ2n) is 7.26. The van der Waals surface area contributed by atoms with Gasteiger partial charge < -0.3 is 4.74 Å². The highest BCUT2D eigenvalue weighted by atomic mass is 32.2. The van der Waals surface area contributed by atoms with Crippen molar-refractivity contribution in [3.8, 4) is 0 Å². The first-order valence-electron chi connectivity index (χ1n) is 8.50. The van der Waals surface area contributed by atoms with Crippen LogP contribution in [0.15, 0.2) is 42.5 Å². The van der Waals surface area contributed by atoms with Gasteiger partial charge in [0.25, 0.3) is 0 Å². The molecule has 1 aliphatic rings. The van der Waals surface area contributed by atoms with E-state index in [0.717, 1.165) is 39.7 Å². The van der Waals surface area contributed by atoms with Crippen molar-refractivity contribution in [2.75, 3.05) is 0 Å². The van der Waals surface area contributed by atoms with Crippen LogP contribution in [-0.4, -0.2) is 11.6 Å². The molecule has 0 amide bonds. The number of esters is 1. The van der Waals surface area contributed by atoms with Gasteiger partial charge in [0.2, 0.25) is 0 Å². The number of fused-ring (bicyclic) bond motifs is 4. The topological polar surface area (TPSA) is 26.3 Å². The van der Waals surface area contributed by atoms with Gasteiger partial charge in [0.1, 0.15) is 5.60 Å². The molecular weight excluding hydrogens is 348 g/mol. The third kappa shape index (κ3) is 5.05. The molecule has 1 heterocycles. The van der Waals surface area contributed by atoms with Crippen molar-refractivity contribution in [3.05, 3.63) is 70.3 Å². The molecule has 4 heteroatoms. The van der Waals surface area contributed by atoms with E-state index in [1.165, 1.54) is 11.1 Å². The fourth-order valence-electron chi connectivity index (χ4n) is 2.85. The van der Waals surface area contributed by atoms with Gasteiger partial charge in [-0.3, -0.25) is 0 Å². The summed E-state index contributed by atoms with van der Waals surface area (Å²) in [4.78, 5) is 12.8. The van der Waals surface area contributed by atoms with E-state index < -0.39 is 5.60 Å². The Morgan fingerprint density at radius 2 is 1.40 bits per heavy atom. The van der Waals surface area contributed by atoms with Crippen molar-refractivity contribution in [2.24, 2.45) is 0 Å². The van der Waals surface area contributed by atoms with Crippen LogP contribution in [0.4, 0.5) is 0 Å². The Bertz CT molecular complexity index is 719. The third-order valence-electron chi connectivity index (χ3n) is 3.88. The summed E-state index contributed by atoms with van der Waals surface area (Å²) in [6.45, 7) is 5.75. The zero-order valence-corrected chi connectivity index (χ0v) is 16.6. The van der Waals surface area contributed by atoms with Crippen molar-refractivity contribution >= 4 is 29.5 Å². The molecule has 0 unspecified atom stereocenters. The predicted octanol–water partition coefficient (Wildman–Crippen LogP) is 5.82. The Kier molecular flexibility index (Phi) is 5.80. The second kappa shape index (κ2) is 7.88. The van der Waals surface area contributed by atoms with Crippen LogP contribution in [0.25, 0.3) is 0 Å². The highest BCUT2D eigenvalue weighted by Gasteiger charge is 2.23. The lowest BCUT2D eigenvalue weighted by molar-refractivity contribution is 0.00678. The lowest BCUT2D eigenvalue weighted by Gasteiger charge is -2.22. The van der Waals surface area contributed by atoms with Crippen LogP contribution >= 0.6 is 23.5 Å². The molecule has 0 saturated carbocycles. The average Bonchev–Trinajstić information content (AvgIpc) is 2.53. The van der Waals surface area contributed by atoms with E-state index in [2.05, 4.69) is 42.5 Å². The molecule has 0 aliphatic carbocycles. The van der Waals surface area contributed by atoms with Crippen LogP contribution in [0.2, 0.25) is 0 Å². The SMILES string of the molecule is CC(C)(C)OC(=O)c1c2cccc1CSCc1cccc(c1)CSC2. The molecule has 3 rings (SSSR count). The van der Waals surface area contributed by atoms with Crippen molar-refractivity contribution in [2.45, 2.75) is 49.4 Å². The van der Waals surface area contributed by atoms with Gasteiger partial charge in [-0.15, -0.1) is 0 Å². The van der Waals surface area contributed by atoms with Gasteiger partial charge in [0.15, 0.2) is 0 Å². The molecule has 0 atom stereocenters. The highest BCUT2D eigenvalue weighted by molar-refractivity contribution is 7.98. The number of hydrogen-bond acceptors (Lipinski definition) is 4. The quantitative estimate of drug-likeness (QED) is 0.589. The minimum absolute atomic E-state index is 0.199. The first-order valence-corrected chi connectivity index (χ1v) is 10.8. The summed E-state index contributed by atoms with van der Waals surface area (Å²) in [5.74, 6) is 3.34. The van der Waals surface area contributed by atoms with E-state index in [-0.39, 0.29) is 5.97 Å². The first kappa shape index (κ1) is 18.4. The molecule has 2 aromatic rings. The summed E-state index contributed by atoms with van der Waals surface area (Å²) in [6, 6.07) is 15.0. The number of benzene rings is 2. The van der Waals surface area contributed by atoms with Crippen LogP contribution < -0.4 is 0 Å². The average molecular weight is 373 g/mol. The molecule has 0 saturated heterocycles. The van der Waals surface area contributed by atoms with E-state index in [0.29, 0.717) is 0 Å². The summed E-state index contributed by atoms with van der Waals surface area (Å²) in [7, 11) is 0. The first-order chi connectivity index (χ1) is 11.9. The Morgan fingerprint density at radius 1 is 0.880 bits per heavy atom. The van der Waals surface area contributed by atoms with Crippen LogP contribution in [0.3, 0.4) is 0 Å². The maximum atomic E-state index is 12.8. The molecule has 0 aromatic heterocycles. The zero-order chi connectivity index (χ0) is 17.9. The Morgan fingerprint density at radius 3 is 1.92 bits per heavy atom. The van der Waals surface area contributed by atoms with Crippen LogP contribution in [-0.2, 0) is 27.7 Å². The predicted molar refractivity (Wildman–Crippen MR) is 108 cm³/mol. The zero-order valence-electron chi connectivity index (χ0n) is 15.0. The molecule has 2 nitrogen and oxygen atoms in total. The lowest BCUT2D eigenvalue weighted by Crippen LogP contribution is -2.25. The van der Waals surface area contributed by atoms with Gasteiger partial charge in [-0.2, -0.15) is 23.5 Å². The molecule has 25 heavy (non-hydrogen) atoms. The molecule has 0 radical (unpaired) electrons. The van der Waals surface area contributed by atoms with E-state index in [1.54, 1.807) is 0 Å². The van der Waals surface area contributed by atoms with Gasteiger partial charge in [0.05, 0.1) is 5.56 Å². The number of ether oxygens (including phenoxy) is 1. The third-order valence-corrected chi connectivity index (χ3v) is 5.99. The molecule has 2 aromatic carbocycles. The maximum absolute atomic E-state index is 12.8. The Balaban J connectivity index is 1.92.